The molecule has 1 aliphatic carbocycles. The number of nitrogens with one attached hydrogen (secondary N) is 1. The fourth-order valence-corrected chi connectivity index (χ4v) is 5.17. The Kier molecular flexibility index (Phi) is 4.91. The summed E-state index contributed by atoms with van der Waals surface area (Å²) in [6.07, 6.45) is 3.29. The molecule has 4 atom stereocenters. The Morgan fingerprint density at radius 1 is 0.929 bits per heavy atom. The Bertz CT molecular complexity index is 967. The van der Waals surface area contributed by atoms with E-state index in [0.29, 0.717) is 0 Å². The highest BCUT2D eigenvalue weighted by Gasteiger charge is 2.49. The van der Waals surface area contributed by atoms with Gasteiger partial charge in [-0.3, -0.25) is 0 Å². The molecule has 1 aliphatic heterocycles. The zero-order chi connectivity index (χ0) is 19.9. The van der Waals surface area contributed by atoms with Crippen molar-refractivity contribution in [3.05, 3.63) is 77.9 Å². The van der Waals surface area contributed by atoms with Crippen molar-refractivity contribution in [1.82, 2.24) is 4.72 Å². The van der Waals surface area contributed by atoms with E-state index in [4.69, 9.17) is 9.47 Å². The van der Waals surface area contributed by atoms with E-state index in [1.165, 1.54) is 0 Å². The fraction of sp³-hybridized carbons (Fsp3) is 0.364. The average Bonchev–Trinajstić information content (AvgIpc) is 2.97. The van der Waals surface area contributed by atoms with Crippen molar-refractivity contribution in [3.8, 4) is 0 Å². The summed E-state index contributed by atoms with van der Waals surface area (Å²) in [5.41, 5.74) is 2.04. The number of hydrogen-bond acceptors (Lipinski definition) is 4. The highest BCUT2D eigenvalue weighted by atomic mass is 32.2. The average molecular weight is 400 g/mol. The Labute approximate surface area is 166 Å². The molecule has 0 unspecified atom stereocenters. The van der Waals surface area contributed by atoms with Crippen LogP contribution in [-0.2, 0) is 19.5 Å². The van der Waals surface area contributed by atoms with Crippen LogP contribution in [0.3, 0.4) is 0 Å². The topological polar surface area (TPSA) is 64.6 Å². The highest BCUT2D eigenvalue weighted by molar-refractivity contribution is 7.89. The molecule has 1 saturated heterocycles. The lowest BCUT2D eigenvalue weighted by molar-refractivity contribution is -0.144. The van der Waals surface area contributed by atoms with Gasteiger partial charge < -0.3 is 9.47 Å². The second-order valence-electron chi connectivity index (χ2n) is 7.85. The quantitative estimate of drug-likeness (QED) is 0.799. The molecular weight excluding hydrogens is 374 g/mol. The van der Waals surface area contributed by atoms with Crippen LogP contribution in [0.2, 0.25) is 0 Å². The second kappa shape index (κ2) is 7.12. The van der Waals surface area contributed by atoms with E-state index in [2.05, 4.69) is 4.72 Å². The Morgan fingerprint density at radius 3 is 2.29 bits per heavy atom. The van der Waals surface area contributed by atoms with Crippen LogP contribution < -0.4 is 4.72 Å². The predicted molar refractivity (Wildman–Crippen MR) is 107 cm³/mol. The summed E-state index contributed by atoms with van der Waals surface area (Å²) in [6.45, 7) is 5.63. The maximum atomic E-state index is 13.1. The van der Waals surface area contributed by atoms with Crippen molar-refractivity contribution in [2.45, 2.75) is 55.6 Å². The van der Waals surface area contributed by atoms with Crippen LogP contribution in [0.1, 0.15) is 30.9 Å². The van der Waals surface area contributed by atoms with Crippen molar-refractivity contribution >= 4 is 10.0 Å². The molecule has 6 heteroatoms. The first-order valence-electron chi connectivity index (χ1n) is 9.43. The largest absolute Gasteiger partial charge is 0.343 e. The van der Waals surface area contributed by atoms with Crippen molar-refractivity contribution in [2.75, 3.05) is 0 Å². The number of fused-ring (bicyclic) bond motifs is 1. The smallest absolute Gasteiger partial charge is 0.240 e. The molecule has 0 radical (unpaired) electrons. The molecular formula is C22H25NO4S. The van der Waals surface area contributed by atoms with Gasteiger partial charge in [-0.15, -0.1) is 0 Å². The molecule has 0 bridgehead atoms. The number of rotatable bonds is 4. The summed E-state index contributed by atoms with van der Waals surface area (Å²) in [4.78, 5) is 0.245. The number of aryl methyl sites for hydroxylation is 1. The normalized spacial score (nSPS) is 28.8. The molecule has 5 nitrogen and oxygen atoms in total. The second-order valence-corrected chi connectivity index (χ2v) is 9.56. The van der Waals surface area contributed by atoms with Crippen LogP contribution >= 0.6 is 0 Å². The van der Waals surface area contributed by atoms with Crippen LogP contribution in [0, 0.1) is 6.92 Å². The summed E-state index contributed by atoms with van der Waals surface area (Å²) >= 11 is 0. The zero-order valence-corrected chi connectivity index (χ0v) is 17.0. The first-order valence-corrected chi connectivity index (χ1v) is 10.9. The molecule has 1 fully saturated rings. The van der Waals surface area contributed by atoms with Crippen LogP contribution in [0.5, 0.6) is 0 Å². The minimum absolute atomic E-state index is 0.153. The molecule has 0 saturated carbocycles. The minimum Gasteiger partial charge on any atom is -0.343 e. The molecule has 2 aromatic rings. The number of sulfonamides is 1. The van der Waals surface area contributed by atoms with Crippen molar-refractivity contribution < 1.29 is 17.9 Å². The van der Waals surface area contributed by atoms with Gasteiger partial charge in [0.2, 0.25) is 10.0 Å². The zero-order valence-electron chi connectivity index (χ0n) is 16.2. The fourth-order valence-electron chi connectivity index (χ4n) is 3.90. The highest BCUT2D eigenvalue weighted by Crippen LogP contribution is 2.39. The molecule has 148 valence electrons. The van der Waals surface area contributed by atoms with Crippen molar-refractivity contribution in [2.24, 2.45) is 0 Å². The van der Waals surface area contributed by atoms with Gasteiger partial charge in [-0.05, 0) is 38.5 Å². The molecule has 0 spiro atoms. The van der Waals surface area contributed by atoms with Crippen LogP contribution in [0.4, 0.5) is 0 Å². The molecule has 1 heterocycles. The van der Waals surface area contributed by atoms with Crippen LogP contribution in [0.15, 0.2) is 71.6 Å². The number of ether oxygens (including phenoxy) is 2. The van der Waals surface area contributed by atoms with E-state index < -0.39 is 28.0 Å². The first kappa shape index (κ1) is 19.3. The van der Waals surface area contributed by atoms with E-state index in [1.54, 1.807) is 24.3 Å². The standard InChI is InChI=1S/C22H25NO4S/c1-15-9-11-17(12-10-15)28(24,25)23-20-18(16-7-5-4-6-8-16)13-14-19-21(20)27-22(2,3)26-19/h4-14,18-21,23H,1-3H3/t18-,19-,20-,21-/m1/s1. The van der Waals surface area contributed by atoms with E-state index in [0.717, 1.165) is 11.1 Å². The van der Waals surface area contributed by atoms with Gasteiger partial charge >= 0.3 is 0 Å². The Hall–Kier alpha value is -1.99. The van der Waals surface area contributed by atoms with Gasteiger partial charge in [-0.2, -0.15) is 0 Å². The number of hydrogen-bond donors (Lipinski definition) is 1. The van der Waals surface area contributed by atoms with E-state index in [1.807, 2.05) is 63.3 Å². The lowest BCUT2D eigenvalue weighted by Gasteiger charge is -2.35. The molecule has 2 aliphatic rings. The lowest BCUT2D eigenvalue weighted by Crippen LogP contribution is -2.52. The van der Waals surface area contributed by atoms with Gasteiger partial charge in [0, 0.05) is 5.92 Å². The van der Waals surface area contributed by atoms with Crippen LogP contribution in [-0.4, -0.2) is 32.5 Å². The Balaban J connectivity index is 1.71. The van der Waals surface area contributed by atoms with Crippen molar-refractivity contribution in [3.63, 3.8) is 0 Å². The third kappa shape index (κ3) is 3.78. The summed E-state index contributed by atoms with van der Waals surface area (Å²) in [7, 11) is -3.71. The summed E-state index contributed by atoms with van der Waals surface area (Å²) < 4.78 is 41.2. The lowest BCUT2D eigenvalue weighted by atomic mass is 9.82. The summed E-state index contributed by atoms with van der Waals surface area (Å²) in [6, 6.07) is 16.2. The Morgan fingerprint density at radius 2 is 1.61 bits per heavy atom. The first-order chi connectivity index (χ1) is 13.3. The predicted octanol–water partition coefficient (Wildman–Crippen LogP) is 3.52. The maximum Gasteiger partial charge on any atom is 0.240 e. The molecule has 0 amide bonds. The molecule has 1 N–H and O–H groups in total. The minimum atomic E-state index is -3.71. The van der Waals surface area contributed by atoms with E-state index >= 15 is 0 Å². The summed E-state index contributed by atoms with van der Waals surface area (Å²) in [5, 5.41) is 0. The van der Waals surface area contributed by atoms with Gasteiger partial charge in [0.25, 0.3) is 0 Å². The number of benzene rings is 2. The van der Waals surface area contributed by atoms with Crippen LogP contribution in [0.25, 0.3) is 0 Å². The monoisotopic (exact) mass is 399 g/mol. The van der Waals surface area contributed by atoms with Crippen molar-refractivity contribution in [1.29, 1.82) is 0 Å². The molecule has 4 rings (SSSR count). The summed E-state index contributed by atoms with van der Waals surface area (Å²) in [5.74, 6) is -0.918. The SMILES string of the molecule is Cc1ccc(S(=O)(=O)N[C@H]2[C@@H]3OC(C)(C)O[C@@H]3C=C[C@@H]2c2ccccc2)cc1. The van der Waals surface area contributed by atoms with Gasteiger partial charge in [0.1, 0.15) is 12.2 Å². The van der Waals surface area contributed by atoms with E-state index in [9.17, 15) is 8.42 Å². The van der Waals surface area contributed by atoms with E-state index in [-0.39, 0.29) is 16.9 Å². The third-order valence-electron chi connectivity index (χ3n) is 5.22. The van der Waals surface area contributed by atoms with Gasteiger partial charge in [-0.25, -0.2) is 13.1 Å². The molecule has 0 aromatic heterocycles. The molecule has 2 aromatic carbocycles. The maximum absolute atomic E-state index is 13.1. The third-order valence-corrected chi connectivity index (χ3v) is 6.69. The molecule has 28 heavy (non-hydrogen) atoms. The van der Waals surface area contributed by atoms with Gasteiger partial charge in [0.15, 0.2) is 5.79 Å². The van der Waals surface area contributed by atoms with Gasteiger partial charge in [0.05, 0.1) is 10.9 Å². The van der Waals surface area contributed by atoms with Gasteiger partial charge in [-0.1, -0.05) is 60.2 Å².